The van der Waals surface area contributed by atoms with Crippen molar-refractivity contribution in [2.75, 3.05) is 7.11 Å². The van der Waals surface area contributed by atoms with Gasteiger partial charge >= 0.3 is 0 Å². The van der Waals surface area contributed by atoms with Crippen molar-refractivity contribution >= 4 is 12.6 Å². The van der Waals surface area contributed by atoms with E-state index in [-0.39, 0.29) is 0 Å². The molecule has 0 amide bonds. The van der Waals surface area contributed by atoms with Crippen molar-refractivity contribution in [2.45, 2.75) is 31.3 Å². The lowest BCUT2D eigenvalue weighted by Gasteiger charge is -2.13. The average Bonchev–Trinajstić information content (AvgIpc) is 2.69. The summed E-state index contributed by atoms with van der Waals surface area (Å²) in [7, 11) is 1.00. The molecule has 0 radical (unpaired) electrons. The van der Waals surface area contributed by atoms with Gasteiger partial charge in [-0.1, -0.05) is 48.5 Å². The van der Waals surface area contributed by atoms with Gasteiger partial charge in [-0.05, 0) is 47.2 Å². The lowest BCUT2D eigenvalue weighted by atomic mass is 10.0. The van der Waals surface area contributed by atoms with Gasteiger partial charge in [0.2, 0.25) is 0 Å². The first-order chi connectivity index (χ1) is 12.7. The first-order valence-corrected chi connectivity index (χ1v) is 9.07. The minimum atomic E-state index is 0.815. The van der Waals surface area contributed by atoms with Gasteiger partial charge in [0.1, 0.15) is 0 Å². The maximum Gasteiger partial charge on any atom is 0.0319 e. The second-order valence-electron chi connectivity index (χ2n) is 6.05. The Morgan fingerprint density at radius 2 is 1.65 bits per heavy atom. The third-order valence-corrected chi connectivity index (χ3v) is 4.70. The van der Waals surface area contributed by atoms with Crippen LogP contribution >= 0.6 is 12.6 Å². The van der Waals surface area contributed by atoms with Crippen molar-refractivity contribution in [1.82, 2.24) is 10.3 Å². The van der Waals surface area contributed by atoms with E-state index in [0.717, 1.165) is 31.5 Å². The zero-order valence-corrected chi connectivity index (χ0v) is 16.2. The number of aromatic nitrogens is 1. The molecule has 0 aliphatic heterocycles. The minimum Gasteiger partial charge on any atom is -0.400 e. The van der Waals surface area contributed by atoms with Crippen LogP contribution in [0.25, 0.3) is 0 Å². The van der Waals surface area contributed by atoms with Crippen LogP contribution in [0.4, 0.5) is 0 Å². The van der Waals surface area contributed by atoms with Gasteiger partial charge in [0, 0.05) is 37.5 Å². The lowest BCUT2D eigenvalue weighted by molar-refractivity contribution is 0.399. The van der Waals surface area contributed by atoms with Crippen LogP contribution in [0.1, 0.15) is 27.8 Å². The van der Waals surface area contributed by atoms with Crippen LogP contribution in [0.5, 0.6) is 0 Å². The van der Waals surface area contributed by atoms with E-state index >= 15 is 0 Å². The number of hydrogen-bond acceptors (Lipinski definition) is 4. The number of rotatable bonds is 6. The number of nitrogens with zero attached hydrogens (tertiary/aromatic N) is 1. The van der Waals surface area contributed by atoms with Gasteiger partial charge in [0.25, 0.3) is 0 Å². The van der Waals surface area contributed by atoms with Crippen LogP contribution in [-0.4, -0.2) is 17.2 Å². The van der Waals surface area contributed by atoms with Crippen molar-refractivity contribution in [2.24, 2.45) is 0 Å². The van der Waals surface area contributed by atoms with Crippen LogP contribution in [0.15, 0.2) is 71.9 Å². The predicted molar refractivity (Wildman–Crippen MR) is 111 cm³/mol. The Labute approximate surface area is 161 Å². The summed E-state index contributed by atoms with van der Waals surface area (Å²) in [4.78, 5) is 5.27. The molecule has 3 rings (SSSR count). The summed E-state index contributed by atoms with van der Waals surface area (Å²) in [6.07, 6.45) is 4.64. The average molecular weight is 367 g/mol. The Morgan fingerprint density at radius 3 is 2.35 bits per heavy atom. The maximum atomic E-state index is 7.00. The van der Waals surface area contributed by atoms with E-state index in [4.69, 9.17) is 17.7 Å². The van der Waals surface area contributed by atoms with Gasteiger partial charge in [-0.15, -0.1) is 12.6 Å². The van der Waals surface area contributed by atoms with E-state index in [0.29, 0.717) is 0 Å². The summed E-state index contributed by atoms with van der Waals surface area (Å²) in [5.41, 5.74) is 6.28. The molecule has 0 aliphatic rings. The molecule has 0 fully saturated rings. The van der Waals surface area contributed by atoms with E-state index < -0.39 is 0 Å². The molecule has 136 valence electrons. The quantitative estimate of drug-likeness (QED) is 0.574. The van der Waals surface area contributed by atoms with Gasteiger partial charge in [-0.25, -0.2) is 0 Å². The van der Waals surface area contributed by atoms with Gasteiger partial charge in [-0.2, -0.15) is 0 Å². The second-order valence-corrected chi connectivity index (χ2v) is 6.49. The number of benzene rings is 2. The summed E-state index contributed by atoms with van der Waals surface area (Å²) in [6.45, 7) is 3.80. The Kier molecular flexibility index (Phi) is 8.35. The molecule has 3 aromatic rings. The minimum absolute atomic E-state index is 0.815. The SMILES string of the molecule is CO.Cc1cc(Cc2cccnc2)cc(CNCc2ccccc2)c1S. The molecule has 0 aliphatic carbocycles. The summed E-state index contributed by atoms with van der Waals surface area (Å²) in [6, 6.07) is 19.0. The fourth-order valence-corrected chi connectivity index (χ4v) is 3.05. The van der Waals surface area contributed by atoms with Gasteiger partial charge in [0.15, 0.2) is 0 Å². The van der Waals surface area contributed by atoms with Gasteiger partial charge in [0.05, 0.1) is 0 Å². The van der Waals surface area contributed by atoms with Crippen molar-refractivity contribution in [1.29, 1.82) is 0 Å². The highest BCUT2D eigenvalue weighted by Crippen LogP contribution is 2.22. The Bertz CT molecular complexity index is 792. The highest BCUT2D eigenvalue weighted by Gasteiger charge is 2.06. The summed E-state index contributed by atoms with van der Waals surface area (Å²) < 4.78 is 0. The number of hydrogen-bond donors (Lipinski definition) is 3. The number of aliphatic hydroxyl groups excluding tert-OH is 1. The lowest BCUT2D eigenvalue weighted by Crippen LogP contribution is -2.13. The molecule has 1 heterocycles. The molecule has 3 nitrogen and oxygen atoms in total. The van der Waals surface area contributed by atoms with Crippen molar-refractivity contribution in [3.63, 3.8) is 0 Å². The van der Waals surface area contributed by atoms with Gasteiger partial charge < -0.3 is 10.4 Å². The van der Waals surface area contributed by atoms with Crippen molar-refractivity contribution in [3.8, 4) is 0 Å². The highest BCUT2D eigenvalue weighted by molar-refractivity contribution is 7.80. The van der Waals surface area contributed by atoms with Crippen molar-refractivity contribution < 1.29 is 5.11 Å². The molecule has 1 aromatic heterocycles. The molecule has 0 saturated heterocycles. The Balaban J connectivity index is 0.00000117. The molecule has 0 saturated carbocycles. The van der Waals surface area contributed by atoms with E-state index in [1.54, 1.807) is 0 Å². The maximum absolute atomic E-state index is 7.00. The molecule has 2 N–H and O–H groups in total. The van der Waals surface area contributed by atoms with Crippen LogP contribution in [0.2, 0.25) is 0 Å². The molecule has 0 bridgehead atoms. The van der Waals surface area contributed by atoms with Crippen molar-refractivity contribution in [3.05, 3.63) is 94.8 Å². The third kappa shape index (κ3) is 5.99. The number of nitrogens with one attached hydrogen (secondary N) is 1. The number of thiol groups is 1. The van der Waals surface area contributed by atoms with Crippen LogP contribution in [-0.2, 0) is 19.5 Å². The molecule has 2 aromatic carbocycles. The summed E-state index contributed by atoms with van der Waals surface area (Å²) >= 11 is 4.69. The largest absolute Gasteiger partial charge is 0.400 e. The monoisotopic (exact) mass is 366 g/mol. The van der Waals surface area contributed by atoms with E-state index in [1.165, 1.54) is 27.8 Å². The summed E-state index contributed by atoms with van der Waals surface area (Å²) in [5.74, 6) is 0. The van der Waals surface area contributed by atoms with E-state index in [2.05, 4.69) is 59.7 Å². The first kappa shape index (κ1) is 20.2. The van der Waals surface area contributed by atoms with Crippen LogP contribution in [0.3, 0.4) is 0 Å². The zero-order chi connectivity index (χ0) is 18.8. The van der Waals surface area contributed by atoms with Crippen LogP contribution in [0, 0.1) is 6.92 Å². The van der Waals surface area contributed by atoms with E-state index in [9.17, 15) is 0 Å². The Hall–Kier alpha value is -2.14. The molecular weight excluding hydrogens is 340 g/mol. The molecule has 26 heavy (non-hydrogen) atoms. The summed E-state index contributed by atoms with van der Waals surface area (Å²) in [5, 5.41) is 10.5. The highest BCUT2D eigenvalue weighted by atomic mass is 32.1. The van der Waals surface area contributed by atoms with Crippen LogP contribution < -0.4 is 5.32 Å². The molecule has 4 heteroatoms. The first-order valence-electron chi connectivity index (χ1n) is 8.62. The topological polar surface area (TPSA) is 45.2 Å². The zero-order valence-electron chi connectivity index (χ0n) is 15.3. The predicted octanol–water partition coefficient (Wildman–Crippen LogP) is 4.17. The molecule has 0 spiro atoms. The third-order valence-electron chi connectivity index (χ3n) is 4.06. The van der Waals surface area contributed by atoms with Gasteiger partial charge in [-0.3, -0.25) is 4.98 Å². The van der Waals surface area contributed by atoms with E-state index in [1.807, 2.05) is 24.5 Å². The Morgan fingerprint density at radius 1 is 0.923 bits per heavy atom. The fourth-order valence-electron chi connectivity index (χ4n) is 2.85. The standard InChI is InChI=1S/C21H22N2S.CH4O/c1-16-10-19(11-18-8-5-9-22-14-18)12-20(21(16)24)15-23-13-17-6-3-2-4-7-17;1-2/h2-10,12,14,23-24H,11,13,15H2,1H3;2H,1H3. The fraction of sp³-hybridized carbons (Fsp3) is 0.227. The second kappa shape index (κ2) is 10.8. The number of pyridine rings is 1. The molecule has 0 unspecified atom stereocenters. The number of aryl methyl sites for hydroxylation is 1. The smallest absolute Gasteiger partial charge is 0.0319 e. The molecule has 0 atom stereocenters. The normalized spacial score (nSPS) is 10.2. The number of aliphatic hydroxyl groups is 1. The molecular formula is C22H26N2OS.